The van der Waals surface area contributed by atoms with Gasteiger partial charge >= 0.3 is 5.97 Å². The highest BCUT2D eigenvalue weighted by Gasteiger charge is 2.15. The summed E-state index contributed by atoms with van der Waals surface area (Å²) in [5.41, 5.74) is 2.55. The van der Waals surface area contributed by atoms with Gasteiger partial charge in [-0.25, -0.2) is 0 Å². The Bertz CT molecular complexity index is 603. The molecule has 0 fully saturated rings. The molecule has 0 atom stereocenters. The molecule has 19 heavy (non-hydrogen) atoms. The first-order valence-corrected chi connectivity index (χ1v) is 6.22. The number of hydrogen-bond acceptors (Lipinski definition) is 3. The van der Waals surface area contributed by atoms with Gasteiger partial charge in [-0.15, -0.1) is 0 Å². The van der Waals surface area contributed by atoms with Crippen LogP contribution in [-0.4, -0.2) is 11.1 Å². The van der Waals surface area contributed by atoms with Gasteiger partial charge in [0.15, 0.2) is 0 Å². The van der Waals surface area contributed by atoms with E-state index in [9.17, 15) is 9.90 Å². The van der Waals surface area contributed by atoms with Gasteiger partial charge < -0.3 is 9.84 Å². The molecule has 2 aromatic carbocycles. The van der Waals surface area contributed by atoms with Crippen LogP contribution in [0.4, 0.5) is 0 Å². The van der Waals surface area contributed by atoms with Crippen LogP contribution in [0.5, 0.6) is 11.5 Å². The van der Waals surface area contributed by atoms with Crippen LogP contribution in [0.2, 0.25) is 0 Å². The van der Waals surface area contributed by atoms with Gasteiger partial charge in [0.05, 0.1) is 5.56 Å². The van der Waals surface area contributed by atoms with Crippen molar-refractivity contribution in [2.24, 2.45) is 0 Å². The summed E-state index contributed by atoms with van der Waals surface area (Å²) >= 11 is 0. The van der Waals surface area contributed by atoms with E-state index in [0.29, 0.717) is 11.3 Å². The first-order valence-electron chi connectivity index (χ1n) is 6.22. The van der Waals surface area contributed by atoms with Crippen molar-refractivity contribution in [2.45, 2.75) is 20.3 Å². The molecule has 2 aromatic rings. The van der Waals surface area contributed by atoms with Gasteiger partial charge in [0.25, 0.3) is 0 Å². The summed E-state index contributed by atoms with van der Waals surface area (Å²) in [6.45, 7) is 3.39. The van der Waals surface area contributed by atoms with Gasteiger partial charge in [-0.1, -0.05) is 37.3 Å². The van der Waals surface area contributed by atoms with Crippen molar-refractivity contribution >= 4 is 5.97 Å². The normalized spacial score (nSPS) is 10.2. The van der Waals surface area contributed by atoms with Crippen LogP contribution in [0.25, 0.3) is 11.1 Å². The lowest BCUT2D eigenvalue weighted by Crippen LogP contribution is -2.03. The number of aryl methyl sites for hydroxylation is 1. The molecule has 0 saturated heterocycles. The highest BCUT2D eigenvalue weighted by molar-refractivity contribution is 5.82. The number of benzene rings is 2. The Labute approximate surface area is 112 Å². The molecule has 0 aliphatic carbocycles. The summed E-state index contributed by atoms with van der Waals surface area (Å²) < 4.78 is 5.18. The van der Waals surface area contributed by atoms with Crippen molar-refractivity contribution in [3.8, 4) is 22.6 Å². The third-order valence-corrected chi connectivity index (χ3v) is 2.93. The fourth-order valence-electron chi connectivity index (χ4n) is 2.10. The molecule has 0 spiro atoms. The monoisotopic (exact) mass is 256 g/mol. The molecule has 0 aliphatic rings. The summed E-state index contributed by atoms with van der Waals surface area (Å²) in [5, 5.41) is 10.1. The number of carbonyl (C=O) groups is 1. The number of phenolic OH excluding ortho intramolecular Hbond substituents is 1. The number of carbonyl (C=O) groups excluding carboxylic acids is 1. The summed E-state index contributed by atoms with van der Waals surface area (Å²) in [5.74, 6) is 0.0916. The quantitative estimate of drug-likeness (QED) is 0.674. The van der Waals surface area contributed by atoms with Crippen LogP contribution in [-0.2, 0) is 11.2 Å². The van der Waals surface area contributed by atoms with Crippen LogP contribution >= 0.6 is 0 Å². The van der Waals surface area contributed by atoms with E-state index in [-0.39, 0.29) is 5.75 Å². The maximum Gasteiger partial charge on any atom is 0.308 e. The topological polar surface area (TPSA) is 46.5 Å². The Hall–Kier alpha value is -2.29. The lowest BCUT2D eigenvalue weighted by atomic mass is 9.96. The SMILES string of the molecule is CCc1ccccc1-c1c(O)cccc1OC(C)=O. The van der Waals surface area contributed by atoms with Gasteiger partial charge in [0.2, 0.25) is 0 Å². The van der Waals surface area contributed by atoms with E-state index >= 15 is 0 Å². The predicted molar refractivity (Wildman–Crippen MR) is 74.2 cm³/mol. The molecular weight excluding hydrogens is 240 g/mol. The predicted octanol–water partition coefficient (Wildman–Crippen LogP) is 3.55. The zero-order valence-corrected chi connectivity index (χ0v) is 11.0. The van der Waals surface area contributed by atoms with Crippen molar-refractivity contribution in [2.75, 3.05) is 0 Å². The second-order valence-corrected chi connectivity index (χ2v) is 4.25. The van der Waals surface area contributed by atoms with Crippen molar-refractivity contribution in [1.29, 1.82) is 0 Å². The average molecular weight is 256 g/mol. The van der Waals surface area contributed by atoms with Crippen LogP contribution in [0.15, 0.2) is 42.5 Å². The first kappa shape index (κ1) is 13.1. The fourth-order valence-corrected chi connectivity index (χ4v) is 2.10. The number of esters is 1. The number of hydrogen-bond donors (Lipinski definition) is 1. The molecule has 0 aromatic heterocycles. The zero-order valence-electron chi connectivity index (χ0n) is 11.0. The third kappa shape index (κ3) is 2.76. The molecule has 0 saturated carbocycles. The van der Waals surface area contributed by atoms with E-state index in [1.807, 2.05) is 31.2 Å². The van der Waals surface area contributed by atoms with E-state index in [1.165, 1.54) is 6.92 Å². The molecular formula is C16H16O3. The van der Waals surface area contributed by atoms with Crippen LogP contribution in [0.1, 0.15) is 19.4 Å². The largest absolute Gasteiger partial charge is 0.507 e. The fraction of sp³-hybridized carbons (Fsp3) is 0.188. The molecule has 0 unspecified atom stereocenters. The van der Waals surface area contributed by atoms with Crippen LogP contribution in [0, 0.1) is 0 Å². The first-order chi connectivity index (χ1) is 9.13. The molecule has 3 heteroatoms. The van der Waals surface area contributed by atoms with E-state index in [4.69, 9.17) is 4.74 Å². The Morgan fingerprint density at radius 1 is 1.16 bits per heavy atom. The van der Waals surface area contributed by atoms with E-state index < -0.39 is 5.97 Å². The molecule has 0 bridgehead atoms. The van der Waals surface area contributed by atoms with E-state index in [0.717, 1.165) is 17.5 Å². The lowest BCUT2D eigenvalue weighted by Gasteiger charge is -2.13. The maximum atomic E-state index is 11.2. The highest BCUT2D eigenvalue weighted by Crippen LogP contribution is 2.39. The van der Waals surface area contributed by atoms with Gasteiger partial charge in [-0.3, -0.25) is 4.79 Å². The second kappa shape index (κ2) is 5.57. The minimum absolute atomic E-state index is 0.111. The van der Waals surface area contributed by atoms with Crippen molar-refractivity contribution in [3.63, 3.8) is 0 Å². The lowest BCUT2D eigenvalue weighted by molar-refractivity contribution is -0.131. The standard InChI is InChI=1S/C16H16O3/c1-3-12-7-4-5-8-13(12)16-14(18)9-6-10-15(16)19-11(2)17/h4-10,18H,3H2,1-2H3. The Balaban J connectivity index is 2.63. The molecule has 3 nitrogen and oxygen atoms in total. The summed E-state index contributed by atoms with van der Waals surface area (Å²) in [7, 11) is 0. The summed E-state index contributed by atoms with van der Waals surface area (Å²) in [6.07, 6.45) is 0.837. The average Bonchev–Trinajstić information content (AvgIpc) is 2.38. The van der Waals surface area contributed by atoms with Gasteiger partial charge in [0, 0.05) is 6.92 Å². The minimum Gasteiger partial charge on any atom is -0.507 e. The van der Waals surface area contributed by atoms with Gasteiger partial charge in [-0.05, 0) is 29.7 Å². The van der Waals surface area contributed by atoms with Crippen molar-refractivity contribution < 1.29 is 14.6 Å². The van der Waals surface area contributed by atoms with Crippen LogP contribution < -0.4 is 4.74 Å². The second-order valence-electron chi connectivity index (χ2n) is 4.25. The zero-order chi connectivity index (χ0) is 13.8. The Morgan fingerprint density at radius 2 is 1.89 bits per heavy atom. The van der Waals surface area contributed by atoms with Crippen LogP contribution in [0.3, 0.4) is 0 Å². The number of phenols is 1. The van der Waals surface area contributed by atoms with Gasteiger partial charge in [0.1, 0.15) is 11.5 Å². The number of ether oxygens (including phenoxy) is 1. The van der Waals surface area contributed by atoms with Gasteiger partial charge in [-0.2, -0.15) is 0 Å². The third-order valence-electron chi connectivity index (χ3n) is 2.93. The Kier molecular flexibility index (Phi) is 3.85. The molecule has 1 N–H and O–H groups in total. The number of rotatable bonds is 3. The molecule has 98 valence electrons. The molecule has 0 heterocycles. The number of aromatic hydroxyl groups is 1. The molecule has 0 aliphatic heterocycles. The van der Waals surface area contributed by atoms with Crippen molar-refractivity contribution in [3.05, 3.63) is 48.0 Å². The molecule has 0 amide bonds. The smallest absolute Gasteiger partial charge is 0.308 e. The molecule has 2 rings (SSSR count). The summed E-state index contributed by atoms with van der Waals surface area (Å²) in [4.78, 5) is 11.2. The Morgan fingerprint density at radius 3 is 2.58 bits per heavy atom. The summed E-state index contributed by atoms with van der Waals surface area (Å²) in [6, 6.07) is 12.7. The van der Waals surface area contributed by atoms with E-state index in [2.05, 4.69) is 0 Å². The minimum atomic E-state index is -0.402. The van der Waals surface area contributed by atoms with Crippen molar-refractivity contribution in [1.82, 2.24) is 0 Å². The maximum absolute atomic E-state index is 11.2. The van der Waals surface area contributed by atoms with E-state index in [1.54, 1.807) is 18.2 Å². The molecule has 0 radical (unpaired) electrons. The highest BCUT2D eigenvalue weighted by atomic mass is 16.5.